The Hall–Kier alpha value is -2.71. The van der Waals surface area contributed by atoms with Gasteiger partial charge in [-0.25, -0.2) is 0 Å². The Bertz CT molecular complexity index is 978. The van der Waals surface area contributed by atoms with Crippen LogP contribution in [-0.4, -0.2) is 4.98 Å². The first-order valence-corrected chi connectivity index (χ1v) is 9.21. The summed E-state index contributed by atoms with van der Waals surface area (Å²) in [4.78, 5) is 7.17. The lowest BCUT2D eigenvalue weighted by Gasteiger charge is -2.06. The Morgan fingerprint density at radius 2 is 1.20 bits per heavy atom. The van der Waals surface area contributed by atoms with Crippen LogP contribution in [0.4, 0.5) is 0 Å². The molecule has 0 spiro atoms. The van der Waals surface area contributed by atoms with Crippen LogP contribution in [0.5, 0.6) is 0 Å². The molecule has 4 aromatic rings. The second kappa shape index (κ2) is 6.66. The maximum atomic E-state index is 4.50. The number of benzene rings is 2. The zero-order chi connectivity index (χ0) is 17.2. The average Bonchev–Trinajstić information content (AvgIpc) is 3.09. The number of hydrogen-bond acceptors (Lipinski definition) is 2. The normalized spacial score (nSPS) is 10.8. The van der Waals surface area contributed by atoms with Gasteiger partial charge in [-0.2, -0.15) is 0 Å². The highest BCUT2D eigenvalue weighted by Crippen LogP contribution is 2.30. The predicted molar refractivity (Wildman–Crippen MR) is 108 cm³/mol. The van der Waals surface area contributed by atoms with Crippen molar-refractivity contribution in [2.75, 3.05) is 0 Å². The largest absolute Gasteiger partial charge is 0.256 e. The fourth-order valence-corrected chi connectivity index (χ4v) is 3.76. The lowest BCUT2D eigenvalue weighted by Crippen LogP contribution is -1.85. The van der Waals surface area contributed by atoms with Gasteiger partial charge in [0.15, 0.2) is 0 Å². The lowest BCUT2D eigenvalue weighted by molar-refractivity contribution is 1.27. The fourth-order valence-electron chi connectivity index (χ4n) is 2.89. The van der Waals surface area contributed by atoms with E-state index < -0.39 is 0 Å². The molecule has 0 fully saturated rings. The first-order valence-electron chi connectivity index (χ1n) is 8.39. The SMILES string of the molecule is Cc1ccc(-c2ccc(-c3ccc(-c4ccc(C)s4)cc3)cc2)nc1. The van der Waals surface area contributed by atoms with Gasteiger partial charge in [-0.1, -0.05) is 54.6 Å². The maximum Gasteiger partial charge on any atom is 0.0702 e. The predicted octanol–water partition coefficient (Wildman–Crippen LogP) is 6.76. The number of hydrogen-bond donors (Lipinski definition) is 0. The third-order valence-electron chi connectivity index (χ3n) is 4.34. The van der Waals surface area contributed by atoms with Crippen molar-refractivity contribution in [1.29, 1.82) is 0 Å². The van der Waals surface area contributed by atoms with E-state index in [0.29, 0.717) is 0 Å². The van der Waals surface area contributed by atoms with Crippen molar-refractivity contribution in [3.8, 4) is 32.8 Å². The Morgan fingerprint density at radius 1 is 0.600 bits per heavy atom. The summed E-state index contributed by atoms with van der Waals surface area (Å²) < 4.78 is 0. The maximum absolute atomic E-state index is 4.50. The number of rotatable bonds is 3. The van der Waals surface area contributed by atoms with Crippen molar-refractivity contribution < 1.29 is 0 Å². The molecule has 0 radical (unpaired) electrons. The van der Waals surface area contributed by atoms with Gasteiger partial charge < -0.3 is 0 Å². The summed E-state index contributed by atoms with van der Waals surface area (Å²) in [6, 6.07) is 26.0. The van der Waals surface area contributed by atoms with Crippen molar-refractivity contribution >= 4 is 11.3 Å². The van der Waals surface area contributed by atoms with Crippen LogP contribution in [0, 0.1) is 13.8 Å². The van der Waals surface area contributed by atoms with E-state index in [0.717, 1.165) is 11.3 Å². The molecule has 0 aliphatic rings. The molecule has 4 rings (SSSR count). The van der Waals surface area contributed by atoms with Gasteiger partial charge in [0, 0.05) is 21.5 Å². The Morgan fingerprint density at radius 3 is 1.72 bits per heavy atom. The summed E-state index contributed by atoms with van der Waals surface area (Å²) in [5, 5.41) is 0. The van der Waals surface area contributed by atoms with Gasteiger partial charge >= 0.3 is 0 Å². The summed E-state index contributed by atoms with van der Waals surface area (Å²) in [6.07, 6.45) is 1.91. The van der Waals surface area contributed by atoms with Crippen molar-refractivity contribution in [3.05, 3.63) is 89.4 Å². The number of thiophene rings is 1. The Kier molecular flexibility index (Phi) is 4.21. The Labute approximate surface area is 152 Å². The van der Waals surface area contributed by atoms with Crippen molar-refractivity contribution in [1.82, 2.24) is 4.98 Å². The number of pyridine rings is 1. The Balaban J connectivity index is 1.58. The van der Waals surface area contributed by atoms with Crippen molar-refractivity contribution in [2.45, 2.75) is 13.8 Å². The van der Waals surface area contributed by atoms with Gasteiger partial charge in [0.2, 0.25) is 0 Å². The minimum absolute atomic E-state index is 1.01. The summed E-state index contributed by atoms with van der Waals surface area (Å²) in [7, 11) is 0. The van der Waals surface area contributed by atoms with E-state index in [1.54, 1.807) is 0 Å². The van der Waals surface area contributed by atoms with E-state index in [4.69, 9.17) is 0 Å². The van der Waals surface area contributed by atoms with E-state index in [2.05, 4.69) is 91.6 Å². The molecule has 2 aromatic heterocycles. The second-order valence-electron chi connectivity index (χ2n) is 6.29. The topological polar surface area (TPSA) is 12.9 Å². The third kappa shape index (κ3) is 3.40. The molecule has 0 saturated carbocycles. The lowest BCUT2D eigenvalue weighted by atomic mass is 10.0. The molecule has 122 valence electrons. The van der Waals surface area contributed by atoms with Gasteiger partial charge in [0.25, 0.3) is 0 Å². The van der Waals surface area contributed by atoms with Crippen LogP contribution in [0.15, 0.2) is 79.0 Å². The minimum Gasteiger partial charge on any atom is -0.256 e. The van der Waals surface area contributed by atoms with E-state index >= 15 is 0 Å². The molecule has 0 aliphatic heterocycles. The van der Waals surface area contributed by atoms with Crippen LogP contribution >= 0.6 is 11.3 Å². The summed E-state index contributed by atoms with van der Waals surface area (Å²) in [5.74, 6) is 0. The average molecular weight is 341 g/mol. The van der Waals surface area contributed by atoms with E-state index in [1.807, 2.05) is 17.5 Å². The first kappa shape index (κ1) is 15.8. The number of aromatic nitrogens is 1. The van der Waals surface area contributed by atoms with Gasteiger partial charge in [-0.15, -0.1) is 11.3 Å². The molecule has 1 nitrogen and oxygen atoms in total. The van der Waals surface area contributed by atoms with Crippen LogP contribution in [0.25, 0.3) is 32.8 Å². The fraction of sp³-hybridized carbons (Fsp3) is 0.0870. The van der Waals surface area contributed by atoms with Gasteiger partial charge in [-0.05, 0) is 54.3 Å². The molecule has 2 heteroatoms. The van der Waals surface area contributed by atoms with Gasteiger partial charge in [0.1, 0.15) is 0 Å². The molecule has 2 heterocycles. The van der Waals surface area contributed by atoms with Crippen LogP contribution in [0.1, 0.15) is 10.4 Å². The molecule has 0 aliphatic carbocycles. The van der Waals surface area contributed by atoms with E-state index in [-0.39, 0.29) is 0 Å². The van der Waals surface area contributed by atoms with E-state index in [9.17, 15) is 0 Å². The molecule has 0 atom stereocenters. The van der Waals surface area contributed by atoms with Gasteiger partial charge in [-0.3, -0.25) is 4.98 Å². The zero-order valence-electron chi connectivity index (χ0n) is 14.4. The summed E-state index contributed by atoms with van der Waals surface area (Å²) >= 11 is 1.84. The molecule has 25 heavy (non-hydrogen) atoms. The monoisotopic (exact) mass is 341 g/mol. The molecule has 0 unspecified atom stereocenters. The van der Waals surface area contributed by atoms with Crippen LogP contribution in [0.2, 0.25) is 0 Å². The molecule has 2 aromatic carbocycles. The van der Waals surface area contributed by atoms with E-state index in [1.165, 1.54) is 32.0 Å². The second-order valence-corrected chi connectivity index (χ2v) is 7.57. The van der Waals surface area contributed by atoms with Crippen molar-refractivity contribution in [3.63, 3.8) is 0 Å². The molecule has 0 amide bonds. The number of aryl methyl sites for hydroxylation is 2. The quantitative estimate of drug-likeness (QED) is 0.401. The zero-order valence-corrected chi connectivity index (χ0v) is 15.2. The summed E-state index contributed by atoms with van der Waals surface area (Å²) in [5.41, 5.74) is 7.09. The van der Waals surface area contributed by atoms with Crippen LogP contribution < -0.4 is 0 Å². The molecular formula is C23H19NS. The first-order chi connectivity index (χ1) is 12.2. The summed E-state index contributed by atoms with van der Waals surface area (Å²) in [6.45, 7) is 4.20. The third-order valence-corrected chi connectivity index (χ3v) is 5.38. The molecule has 0 N–H and O–H groups in total. The molecule has 0 bridgehead atoms. The number of nitrogens with zero attached hydrogens (tertiary/aromatic N) is 1. The molecular weight excluding hydrogens is 322 g/mol. The van der Waals surface area contributed by atoms with Crippen LogP contribution in [-0.2, 0) is 0 Å². The highest BCUT2D eigenvalue weighted by Gasteiger charge is 2.04. The molecule has 0 saturated heterocycles. The van der Waals surface area contributed by atoms with Crippen molar-refractivity contribution in [2.24, 2.45) is 0 Å². The van der Waals surface area contributed by atoms with Crippen LogP contribution in [0.3, 0.4) is 0 Å². The smallest absolute Gasteiger partial charge is 0.0702 e. The van der Waals surface area contributed by atoms with Gasteiger partial charge in [0.05, 0.1) is 5.69 Å². The standard InChI is InChI=1S/C23H19NS/c1-16-3-13-22(24-15-16)20-9-5-18(6-10-20)19-7-11-21(12-8-19)23-14-4-17(2)25-23/h3-15H,1-2H3. The highest BCUT2D eigenvalue weighted by atomic mass is 32.1. The highest BCUT2D eigenvalue weighted by molar-refractivity contribution is 7.15. The minimum atomic E-state index is 1.01.